The molecule has 0 saturated carbocycles. The average molecular weight is 502 g/mol. The Morgan fingerprint density at radius 1 is 0.912 bits per heavy atom. The van der Waals surface area contributed by atoms with Crippen LogP contribution in [0.25, 0.3) is 0 Å². The van der Waals surface area contributed by atoms with Crippen molar-refractivity contribution in [3.63, 3.8) is 0 Å². The normalized spacial score (nSPS) is 15.1. The fourth-order valence-electron chi connectivity index (χ4n) is 2.69. The highest BCUT2D eigenvalue weighted by molar-refractivity contribution is 7.47. The maximum absolute atomic E-state index is 11.8. The van der Waals surface area contributed by atoms with Crippen LogP contribution in [0, 0.1) is 0 Å². The molecule has 0 aromatic carbocycles. The van der Waals surface area contributed by atoms with Gasteiger partial charge in [0.05, 0.1) is 19.8 Å². The van der Waals surface area contributed by atoms with Gasteiger partial charge in [0.2, 0.25) is 0 Å². The number of phosphoric acid groups is 1. The second-order valence-electron chi connectivity index (χ2n) is 7.66. The number of carbonyl (C=O) groups is 1. The first-order valence-electron chi connectivity index (χ1n) is 12.2. The number of rotatable bonds is 22. The molecule has 2 atom stereocenters. The number of esters is 1. The zero-order valence-corrected chi connectivity index (χ0v) is 21.5. The minimum atomic E-state index is -4.28. The number of hydrogen-bond acceptors (Lipinski definition) is 7. The number of allylic oxidation sites excluding steroid dienone is 8. The van der Waals surface area contributed by atoms with Crippen LogP contribution >= 0.6 is 7.82 Å². The molecule has 2 unspecified atom stereocenters. The summed E-state index contributed by atoms with van der Waals surface area (Å²) >= 11 is 0. The van der Waals surface area contributed by atoms with Crippen LogP contribution in [0.15, 0.2) is 48.6 Å². The van der Waals surface area contributed by atoms with Crippen LogP contribution in [-0.4, -0.2) is 48.4 Å². The van der Waals surface area contributed by atoms with E-state index in [9.17, 15) is 19.4 Å². The Morgan fingerprint density at radius 2 is 1.50 bits per heavy atom. The lowest BCUT2D eigenvalue weighted by molar-refractivity contribution is -0.153. The topological polar surface area (TPSA) is 128 Å². The molecular weight excluding hydrogens is 457 g/mol. The van der Waals surface area contributed by atoms with E-state index in [4.69, 9.17) is 15.0 Å². The van der Waals surface area contributed by atoms with Crippen molar-refractivity contribution in [2.24, 2.45) is 5.73 Å². The number of hydrogen-bond donors (Lipinski definition) is 3. The third kappa shape index (κ3) is 22.3. The number of aliphatic hydroxyl groups is 1. The Hall–Kier alpha value is -1.54. The number of unbranched alkanes of at least 4 members (excludes halogenated alkanes) is 4. The molecule has 4 N–H and O–H groups in total. The van der Waals surface area contributed by atoms with Crippen molar-refractivity contribution in [2.75, 3.05) is 26.4 Å². The molecule has 0 aliphatic rings. The molecule has 196 valence electrons. The van der Waals surface area contributed by atoms with Gasteiger partial charge in [0.25, 0.3) is 0 Å². The summed E-state index contributed by atoms with van der Waals surface area (Å²) in [4.78, 5) is 21.2. The van der Waals surface area contributed by atoms with Crippen molar-refractivity contribution < 1.29 is 33.1 Å². The first-order valence-corrected chi connectivity index (χ1v) is 13.7. The fraction of sp³-hybridized carbons (Fsp3) is 0.640. The van der Waals surface area contributed by atoms with E-state index < -0.39 is 33.1 Å². The molecule has 0 aromatic rings. The van der Waals surface area contributed by atoms with Gasteiger partial charge in [-0.2, -0.15) is 0 Å². The van der Waals surface area contributed by atoms with E-state index in [0.717, 1.165) is 19.3 Å². The van der Waals surface area contributed by atoms with Gasteiger partial charge in [-0.1, -0.05) is 74.8 Å². The first-order chi connectivity index (χ1) is 16.4. The Kier molecular flexibility index (Phi) is 22.2. The Bertz CT molecular complexity index is 662. The fourth-order valence-corrected chi connectivity index (χ4v) is 3.46. The molecule has 0 aliphatic carbocycles. The standard InChI is InChI=1S/C25H44NO7P/c1-2-3-4-5-6-7-8-9-10-11-12-13-14-15-16-17-18-19-25(28)33-24(22-27)23-32-34(29,30)31-21-20-26/h7-8,10-11,13-14,16-17,24,27H,2-6,9,12,15,18-23,26H2,1H3,(H,29,30). The maximum Gasteiger partial charge on any atom is 0.472 e. The zero-order valence-electron chi connectivity index (χ0n) is 20.6. The minimum absolute atomic E-state index is 0.0594. The Morgan fingerprint density at radius 3 is 2.06 bits per heavy atom. The number of carbonyl (C=O) groups excluding carboxylic acids is 1. The van der Waals surface area contributed by atoms with Crippen LogP contribution in [0.4, 0.5) is 0 Å². The predicted octanol–water partition coefficient (Wildman–Crippen LogP) is 5.13. The molecule has 0 rings (SSSR count). The van der Waals surface area contributed by atoms with Crippen molar-refractivity contribution in [2.45, 2.75) is 77.2 Å². The third-order valence-electron chi connectivity index (χ3n) is 4.52. The first kappa shape index (κ1) is 32.5. The van der Waals surface area contributed by atoms with Crippen molar-refractivity contribution in [3.8, 4) is 0 Å². The lowest BCUT2D eigenvalue weighted by Crippen LogP contribution is -2.27. The predicted molar refractivity (Wildman–Crippen MR) is 136 cm³/mol. The molecule has 0 fully saturated rings. The zero-order chi connectivity index (χ0) is 25.3. The molecule has 0 amide bonds. The summed E-state index contributed by atoms with van der Waals surface area (Å²) in [6.45, 7) is 1.15. The van der Waals surface area contributed by atoms with Gasteiger partial charge in [0, 0.05) is 13.0 Å². The molecule has 9 heteroatoms. The van der Waals surface area contributed by atoms with E-state index in [2.05, 4.69) is 47.9 Å². The van der Waals surface area contributed by atoms with Gasteiger partial charge in [-0.15, -0.1) is 0 Å². The second-order valence-corrected chi connectivity index (χ2v) is 9.11. The summed E-state index contributed by atoms with van der Waals surface area (Å²) in [5.41, 5.74) is 5.18. The van der Waals surface area contributed by atoms with Gasteiger partial charge in [0.1, 0.15) is 6.10 Å². The van der Waals surface area contributed by atoms with Crippen LogP contribution in [-0.2, 0) is 23.1 Å². The summed E-state index contributed by atoms with van der Waals surface area (Å²) in [6, 6.07) is 0. The van der Waals surface area contributed by atoms with E-state index in [1.807, 2.05) is 12.2 Å². The largest absolute Gasteiger partial charge is 0.472 e. The Balaban J connectivity index is 3.85. The van der Waals surface area contributed by atoms with Crippen LogP contribution in [0.5, 0.6) is 0 Å². The van der Waals surface area contributed by atoms with Crippen LogP contribution < -0.4 is 5.73 Å². The van der Waals surface area contributed by atoms with Crippen molar-refractivity contribution >= 4 is 13.8 Å². The summed E-state index contributed by atoms with van der Waals surface area (Å²) in [5.74, 6) is -0.529. The summed E-state index contributed by atoms with van der Waals surface area (Å²) in [5, 5.41) is 9.25. The monoisotopic (exact) mass is 501 g/mol. The number of ether oxygens (including phenoxy) is 1. The summed E-state index contributed by atoms with van der Waals surface area (Å²) in [6.07, 6.45) is 25.5. The average Bonchev–Trinajstić information content (AvgIpc) is 2.82. The van der Waals surface area contributed by atoms with Crippen LogP contribution in [0.1, 0.15) is 71.1 Å². The Labute approximate surface area is 205 Å². The molecule has 8 nitrogen and oxygen atoms in total. The molecule has 0 spiro atoms. The van der Waals surface area contributed by atoms with Crippen molar-refractivity contribution in [1.29, 1.82) is 0 Å². The van der Waals surface area contributed by atoms with Gasteiger partial charge < -0.3 is 20.5 Å². The van der Waals surface area contributed by atoms with E-state index in [0.29, 0.717) is 6.42 Å². The highest BCUT2D eigenvalue weighted by Gasteiger charge is 2.24. The molecule has 0 heterocycles. The summed E-state index contributed by atoms with van der Waals surface area (Å²) < 4.78 is 25.8. The minimum Gasteiger partial charge on any atom is -0.457 e. The van der Waals surface area contributed by atoms with Gasteiger partial charge in [0.15, 0.2) is 0 Å². The molecule has 0 radical (unpaired) electrons. The van der Waals surface area contributed by atoms with Gasteiger partial charge in [-0.05, 0) is 38.5 Å². The number of phosphoric ester groups is 1. The smallest absolute Gasteiger partial charge is 0.457 e. The molecule has 0 bridgehead atoms. The summed E-state index contributed by atoms with van der Waals surface area (Å²) in [7, 11) is -4.28. The lowest BCUT2D eigenvalue weighted by atomic mass is 10.1. The van der Waals surface area contributed by atoms with E-state index in [-0.39, 0.29) is 19.6 Å². The SMILES string of the molecule is CCCCCCC=CCC=CCC=CCC=CCCC(=O)OC(CO)COP(=O)(O)OCCN. The molecule has 34 heavy (non-hydrogen) atoms. The van der Waals surface area contributed by atoms with Crippen LogP contribution in [0.2, 0.25) is 0 Å². The lowest BCUT2D eigenvalue weighted by Gasteiger charge is -2.17. The van der Waals surface area contributed by atoms with Gasteiger partial charge in [-0.25, -0.2) is 4.57 Å². The van der Waals surface area contributed by atoms with Crippen LogP contribution in [0.3, 0.4) is 0 Å². The van der Waals surface area contributed by atoms with Gasteiger partial charge in [-0.3, -0.25) is 13.8 Å². The highest BCUT2D eigenvalue weighted by Crippen LogP contribution is 2.42. The molecule has 0 aliphatic heterocycles. The molecular formula is C25H44NO7P. The highest BCUT2D eigenvalue weighted by atomic mass is 31.2. The second kappa shape index (κ2) is 23.2. The number of nitrogens with two attached hydrogens (primary N) is 1. The van der Waals surface area contributed by atoms with E-state index in [1.165, 1.54) is 32.1 Å². The third-order valence-corrected chi connectivity index (χ3v) is 5.50. The van der Waals surface area contributed by atoms with E-state index >= 15 is 0 Å². The molecule has 0 saturated heterocycles. The number of aliphatic hydroxyl groups excluding tert-OH is 1. The van der Waals surface area contributed by atoms with Gasteiger partial charge >= 0.3 is 13.8 Å². The molecule has 0 aromatic heterocycles. The van der Waals surface area contributed by atoms with E-state index in [1.54, 1.807) is 0 Å². The quantitative estimate of drug-likeness (QED) is 0.0806. The van der Waals surface area contributed by atoms with Crippen molar-refractivity contribution in [3.05, 3.63) is 48.6 Å². The van der Waals surface area contributed by atoms with Crippen molar-refractivity contribution in [1.82, 2.24) is 0 Å². The maximum atomic E-state index is 11.8.